The van der Waals surface area contributed by atoms with Gasteiger partial charge in [-0.25, -0.2) is 4.79 Å². The third-order valence-electron chi connectivity index (χ3n) is 4.14. The lowest BCUT2D eigenvalue weighted by Crippen LogP contribution is -2.36. The Morgan fingerprint density at radius 1 is 1.32 bits per heavy atom. The first-order valence-electron chi connectivity index (χ1n) is 7.01. The molecule has 2 aliphatic heterocycles. The zero-order chi connectivity index (χ0) is 13.2. The van der Waals surface area contributed by atoms with Crippen molar-refractivity contribution in [3.05, 3.63) is 23.7 Å². The lowest BCUT2D eigenvalue weighted by molar-refractivity contribution is 0.0658. The fourth-order valence-electron chi connectivity index (χ4n) is 3.22. The molecule has 1 atom stereocenters. The van der Waals surface area contributed by atoms with Gasteiger partial charge in [-0.15, -0.1) is 0 Å². The van der Waals surface area contributed by atoms with E-state index in [1.807, 2.05) is 0 Å². The van der Waals surface area contributed by atoms with Gasteiger partial charge in [0.25, 0.3) is 0 Å². The van der Waals surface area contributed by atoms with Gasteiger partial charge >= 0.3 is 5.97 Å². The first kappa shape index (κ1) is 12.7. The summed E-state index contributed by atoms with van der Waals surface area (Å²) in [6, 6.07) is 3.99. The third kappa shape index (κ3) is 2.82. The molecule has 1 aromatic rings. The first-order valence-corrected chi connectivity index (χ1v) is 7.01. The second kappa shape index (κ2) is 5.35. The van der Waals surface area contributed by atoms with E-state index in [-0.39, 0.29) is 5.76 Å². The molecule has 3 rings (SSSR count). The van der Waals surface area contributed by atoms with Crippen molar-refractivity contribution in [2.45, 2.75) is 31.8 Å². The standard InChI is InChI=1S/C14H20N2O3/c17-14(18)13-5-4-12(19-13)10-15-6-2-8-16-7-1-3-11(16)9-15/h4-5,11H,1-3,6-10H2,(H,17,18). The highest BCUT2D eigenvalue weighted by Crippen LogP contribution is 2.22. The highest BCUT2D eigenvalue weighted by Gasteiger charge is 2.28. The topological polar surface area (TPSA) is 56.9 Å². The zero-order valence-corrected chi connectivity index (χ0v) is 11.0. The van der Waals surface area contributed by atoms with Gasteiger partial charge in [0, 0.05) is 12.6 Å². The zero-order valence-electron chi connectivity index (χ0n) is 11.0. The predicted octanol–water partition coefficient (Wildman–Crippen LogP) is 1.65. The number of aromatic carboxylic acids is 1. The van der Waals surface area contributed by atoms with Crippen molar-refractivity contribution in [3.8, 4) is 0 Å². The van der Waals surface area contributed by atoms with Gasteiger partial charge in [0.2, 0.25) is 5.76 Å². The maximum atomic E-state index is 10.8. The highest BCUT2D eigenvalue weighted by molar-refractivity contribution is 5.84. The van der Waals surface area contributed by atoms with Crippen LogP contribution in [-0.4, -0.2) is 53.1 Å². The van der Waals surface area contributed by atoms with E-state index in [9.17, 15) is 4.79 Å². The number of carbonyl (C=O) groups is 1. The predicted molar refractivity (Wildman–Crippen MR) is 70.2 cm³/mol. The van der Waals surface area contributed by atoms with E-state index < -0.39 is 5.97 Å². The summed E-state index contributed by atoms with van der Waals surface area (Å²) in [5.74, 6) is -0.208. The summed E-state index contributed by atoms with van der Waals surface area (Å²) >= 11 is 0. The Morgan fingerprint density at radius 2 is 2.16 bits per heavy atom. The van der Waals surface area contributed by atoms with Crippen LogP contribution in [-0.2, 0) is 6.54 Å². The minimum atomic E-state index is -0.996. The molecule has 2 aliphatic rings. The smallest absolute Gasteiger partial charge is 0.371 e. The lowest BCUT2D eigenvalue weighted by Gasteiger charge is -2.24. The maximum absolute atomic E-state index is 10.8. The Labute approximate surface area is 112 Å². The van der Waals surface area contributed by atoms with Gasteiger partial charge in [0.05, 0.1) is 6.54 Å². The van der Waals surface area contributed by atoms with Crippen LogP contribution in [0.3, 0.4) is 0 Å². The summed E-state index contributed by atoms with van der Waals surface area (Å²) in [5, 5.41) is 8.86. The average molecular weight is 264 g/mol. The van der Waals surface area contributed by atoms with Gasteiger partial charge in [0.15, 0.2) is 0 Å². The molecule has 3 heterocycles. The Hall–Kier alpha value is -1.33. The molecule has 0 aliphatic carbocycles. The Bertz CT molecular complexity index is 457. The maximum Gasteiger partial charge on any atom is 0.371 e. The van der Waals surface area contributed by atoms with E-state index in [0.29, 0.717) is 6.04 Å². The van der Waals surface area contributed by atoms with E-state index in [4.69, 9.17) is 9.52 Å². The summed E-state index contributed by atoms with van der Waals surface area (Å²) in [6.45, 7) is 5.29. The Balaban J connectivity index is 1.63. The lowest BCUT2D eigenvalue weighted by atomic mass is 10.2. The van der Waals surface area contributed by atoms with Crippen LogP contribution in [0.5, 0.6) is 0 Å². The Kier molecular flexibility index (Phi) is 3.57. The summed E-state index contributed by atoms with van der Waals surface area (Å²) in [7, 11) is 0. The molecule has 1 aromatic heterocycles. The number of hydrogen-bond donors (Lipinski definition) is 1. The summed E-state index contributed by atoms with van der Waals surface area (Å²) in [6.07, 6.45) is 3.78. The molecule has 1 unspecified atom stereocenters. The minimum Gasteiger partial charge on any atom is -0.475 e. The largest absolute Gasteiger partial charge is 0.475 e. The van der Waals surface area contributed by atoms with Gasteiger partial charge in [-0.1, -0.05) is 0 Å². The van der Waals surface area contributed by atoms with E-state index >= 15 is 0 Å². The molecule has 0 bridgehead atoms. The first-order chi connectivity index (χ1) is 9.22. The van der Waals surface area contributed by atoms with Crippen molar-refractivity contribution in [1.82, 2.24) is 9.80 Å². The monoisotopic (exact) mass is 264 g/mol. The molecule has 5 heteroatoms. The van der Waals surface area contributed by atoms with E-state index in [1.54, 1.807) is 6.07 Å². The van der Waals surface area contributed by atoms with Gasteiger partial charge in [-0.05, 0) is 51.0 Å². The molecule has 2 fully saturated rings. The van der Waals surface area contributed by atoms with Crippen molar-refractivity contribution in [3.63, 3.8) is 0 Å². The van der Waals surface area contributed by atoms with E-state index in [2.05, 4.69) is 9.80 Å². The van der Waals surface area contributed by atoms with Crippen molar-refractivity contribution in [2.24, 2.45) is 0 Å². The number of rotatable bonds is 3. The van der Waals surface area contributed by atoms with Gasteiger partial charge in [0.1, 0.15) is 5.76 Å². The van der Waals surface area contributed by atoms with Gasteiger partial charge in [-0.3, -0.25) is 9.80 Å². The van der Waals surface area contributed by atoms with Crippen LogP contribution < -0.4 is 0 Å². The molecule has 0 spiro atoms. The Morgan fingerprint density at radius 3 is 2.95 bits per heavy atom. The second-order valence-corrected chi connectivity index (χ2v) is 5.49. The number of fused-ring (bicyclic) bond motifs is 1. The number of furan rings is 1. The SMILES string of the molecule is O=C(O)c1ccc(CN2CCCN3CCCC3C2)o1. The quantitative estimate of drug-likeness (QED) is 0.899. The fraction of sp³-hybridized carbons (Fsp3) is 0.643. The van der Waals surface area contributed by atoms with Crippen molar-refractivity contribution in [2.75, 3.05) is 26.2 Å². The van der Waals surface area contributed by atoms with Gasteiger partial charge in [-0.2, -0.15) is 0 Å². The van der Waals surface area contributed by atoms with Crippen molar-refractivity contribution < 1.29 is 14.3 Å². The number of hydrogen-bond acceptors (Lipinski definition) is 4. The molecule has 0 amide bonds. The number of nitrogens with zero attached hydrogens (tertiary/aromatic N) is 2. The molecule has 5 nitrogen and oxygen atoms in total. The van der Waals surface area contributed by atoms with Crippen LogP contribution in [0, 0.1) is 0 Å². The molecular formula is C14H20N2O3. The molecule has 0 radical (unpaired) electrons. The van der Waals surface area contributed by atoms with Crippen LogP contribution in [0.15, 0.2) is 16.5 Å². The van der Waals surface area contributed by atoms with Gasteiger partial charge < -0.3 is 9.52 Å². The van der Waals surface area contributed by atoms with Crippen molar-refractivity contribution in [1.29, 1.82) is 0 Å². The van der Waals surface area contributed by atoms with Crippen LogP contribution >= 0.6 is 0 Å². The molecule has 1 N–H and O–H groups in total. The molecule has 104 valence electrons. The molecule has 2 saturated heterocycles. The second-order valence-electron chi connectivity index (χ2n) is 5.49. The number of carboxylic acid groups (broad SMARTS) is 1. The molecule has 0 saturated carbocycles. The van der Waals surface area contributed by atoms with E-state index in [1.165, 1.54) is 38.4 Å². The third-order valence-corrected chi connectivity index (χ3v) is 4.14. The normalized spacial score (nSPS) is 25.2. The highest BCUT2D eigenvalue weighted by atomic mass is 16.4. The van der Waals surface area contributed by atoms with Crippen LogP contribution in [0.2, 0.25) is 0 Å². The summed E-state index contributed by atoms with van der Waals surface area (Å²) in [4.78, 5) is 15.8. The molecular weight excluding hydrogens is 244 g/mol. The number of carboxylic acids is 1. The average Bonchev–Trinajstić information content (AvgIpc) is 2.96. The fourth-order valence-corrected chi connectivity index (χ4v) is 3.22. The van der Waals surface area contributed by atoms with Crippen LogP contribution in [0.1, 0.15) is 35.6 Å². The molecule has 0 aromatic carbocycles. The van der Waals surface area contributed by atoms with Crippen LogP contribution in [0.4, 0.5) is 0 Å². The molecule has 19 heavy (non-hydrogen) atoms. The van der Waals surface area contributed by atoms with E-state index in [0.717, 1.165) is 25.4 Å². The summed E-state index contributed by atoms with van der Waals surface area (Å²) < 4.78 is 5.35. The minimum absolute atomic E-state index is 0.0346. The van der Waals surface area contributed by atoms with Crippen LogP contribution in [0.25, 0.3) is 0 Å². The summed E-state index contributed by atoms with van der Waals surface area (Å²) in [5.41, 5.74) is 0. The van der Waals surface area contributed by atoms with Crippen molar-refractivity contribution >= 4 is 5.97 Å².